The molecule has 2 rings (SSSR count). The topological polar surface area (TPSA) is 60.9 Å². The van der Waals surface area contributed by atoms with E-state index in [1.807, 2.05) is 6.92 Å². The van der Waals surface area contributed by atoms with Crippen LogP contribution in [0.1, 0.15) is 55.9 Å². The molecule has 1 aliphatic carbocycles. The Morgan fingerprint density at radius 2 is 2.16 bits per heavy atom. The van der Waals surface area contributed by atoms with E-state index in [-0.39, 0.29) is 11.2 Å². The van der Waals surface area contributed by atoms with Crippen molar-refractivity contribution in [1.29, 1.82) is 0 Å². The maximum Gasteiger partial charge on any atom is 0.182 e. The quantitative estimate of drug-likeness (QED) is 0.845. The molecule has 2 N–H and O–H groups in total. The first-order valence-electron chi connectivity index (χ1n) is 7.06. The molecule has 1 aromatic rings. The molecule has 1 saturated carbocycles. The van der Waals surface area contributed by atoms with E-state index in [1.54, 1.807) is 10.9 Å². The number of hydrogen-bond acceptors (Lipinski definition) is 3. The number of carbonyl (C=O) groups is 1. The Labute approximate surface area is 122 Å². The summed E-state index contributed by atoms with van der Waals surface area (Å²) in [5.74, 6) is 0.165. The molecule has 0 aromatic carbocycles. The van der Waals surface area contributed by atoms with Gasteiger partial charge in [0.2, 0.25) is 0 Å². The van der Waals surface area contributed by atoms with E-state index in [0.717, 1.165) is 17.3 Å². The van der Waals surface area contributed by atoms with Crippen molar-refractivity contribution in [1.82, 2.24) is 9.78 Å². The number of carbonyl (C=O) groups excluding carboxylic acids is 1. The van der Waals surface area contributed by atoms with Crippen molar-refractivity contribution in [2.24, 2.45) is 11.1 Å². The number of aromatic nitrogens is 2. The maximum absolute atomic E-state index is 12.6. The van der Waals surface area contributed by atoms with E-state index in [9.17, 15) is 4.79 Å². The van der Waals surface area contributed by atoms with Gasteiger partial charge in [-0.3, -0.25) is 9.48 Å². The first-order chi connectivity index (χ1) is 9.12. The number of aryl methyl sites for hydroxylation is 1. The molecule has 5 heteroatoms. The lowest BCUT2D eigenvalue weighted by Crippen LogP contribution is -2.35. The molecule has 1 heterocycles. The van der Waals surface area contributed by atoms with Gasteiger partial charge in [0.15, 0.2) is 5.78 Å². The smallest absolute Gasteiger partial charge is 0.182 e. The normalized spacial score (nSPS) is 18.5. The zero-order valence-electron chi connectivity index (χ0n) is 11.5. The van der Waals surface area contributed by atoms with E-state index >= 15 is 0 Å². The molecule has 1 aromatic heterocycles. The summed E-state index contributed by atoms with van der Waals surface area (Å²) < 4.78 is 2.56. The second kappa shape index (κ2) is 6.18. The van der Waals surface area contributed by atoms with Crippen molar-refractivity contribution in [3.63, 3.8) is 0 Å². The Morgan fingerprint density at radius 1 is 1.47 bits per heavy atom. The molecular weight excluding hydrogens is 306 g/mol. The third kappa shape index (κ3) is 3.08. The third-order valence-corrected chi connectivity index (χ3v) is 4.82. The van der Waals surface area contributed by atoms with Gasteiger partial charge in [-0.15, -0.1) is 0 Å². The maximum atomic E-state index is 12.6. The summed E-state index contributed by atoms with van der Waals surface area (Å²) in [6, 6.07) is 0. The third-order valence-electron chi connectivity index (χ3n) is 4.24. The van der Waals surface area contributed by atoms with Crippen LogP contribution < -0.4 is 5.73 Å². The standard InChI is InChI=1S/C14H22BrN3O/c1-2-18-13(11(15)9-17-18)12(19)8-14(10-16)6-4-3-5-7-14/h9H,2-8,10,16H2,1H3. The minimum atomic E-state index is 0.0115. The first kappa shape index (κ1) is 14.7. The fraction of sp³-hybridized carbons (Fsp3) is 0.714. The van der Waals surface area contributed by atoms with Crippen LogP contribution in [0.4, 0.5) is 0 Å². The van der Waals surface area contributed by atoms with Crippen molar-refractivity contribution < 1.29 is 4.79 Å². The van der Waals surface area contributed by atoms with Gasteiger partial charge in [0.25, 0.3) is 0 Å². The van der Waals surface area contributed by atoms with E-state index in [0.29, 0.717) is 25.2 Å². The van der Waals surface area contributed by atoms with Gasteiger partial charge in [-0.25, -0.2) is 0 Å². The van der Waals surface area contributed by atoms with Crippen LogP contribution in [-0.4, -0.2) is 22.1 Å². The van der Waals surface area contributed by atoms with Gasteiger partial charge >= 0.3 is 0 Å². The minimum Gasteiger partial charge on any atom is -0.330 e. The van der Waals surface area contributed by atoms with Crippen LogP contribution in [0, 0.1) is 5.41 Å². The molecule has 0 unspecified atom stereocenters. The van der Waals surface area contributed by atoms with Crippen molar-refractivity contribution in [3.8, 4) is 0 Å². The summed E-state index contributed by atoms with van der Waals surface area (Å²) in [7, 11) is 0. The zero-order chi connectivity index (χ0) is 13.9. The summed E-state index contributed by atoms with van der Waals surface area (Å²) in [6.45, 7) is 3.31. The van der Waals surface area contributed by atoms with Crippen molar-refractivity contribution in [2.75, 3.05) is 6.54 Å². The van der Waals surface area contributed by atoms with E-state index < -0.39 is 0 Å². The molecule has 106 valence electrons. The lowest BCUT2D eigenvalue weighted by atomic mass is 9.71. The zero-order valence-corrected chi connectivity index (χ0v) is 13.1. The number of nitrogens with zero attached hydrogens (tertiary/aromatic N) is 2. The highest BCUT2D eigenvalue weighted by molar-refractivity contribution is 9.10. The molecule has 4 nitrogen and oxygen atoms in total. The number of halogens is 1. The Bertz CT molecular complexity index is 450. The highest BCUT2D eigenvalue weighted by Gasteiger charge is 2.34. The average Bonchev–Trinajstić information content (AvgIpc) is 2.81. The second-order valence-corrected chi connectivity index (χ2v) is 6.38. The summed E-state index contributed by atoms with van der Waals surface area (Å²) in [6.07, 6.45) is 8.06. The summed E-state index contributed by atoms with van der Waals surface area (Å²) in [4.78, 5) is 12.6. The molecule has 1 fully saturated rings. The SMILES string of the molecule is CCn1ncc(Br)c1C(=O)CC1(CN)CCCCC1. The molecule has 1 aliphatic rings. The van der Waals surface area contributed by atoms with Gasteiger partial charge in [0.1, 0.15) is 5.69 Å². The second-order valence-electron chi connectivity index (χ2n) is 5.52. The van der Waals surface area contributed by atoms with E-state index in [2.05, 4.69) is 21.0 Å². The highest BCUT2D eigenvalue weighted by Crippen LogP contribution is 2.39. The predicted octanol–water partition coefficient (Wildman–Crippen LogP) is 3.15. The summed E-state index contributed by atoms with van der Waals surface area (Å²) in [5, 5.41) is 4.21. The number of nitrogens with two attached hydrogens (primary N) is 1. The van der Waals surface area contributed by atoms with Crippen LogP contribution in [0.5, 0.6) is 0 Å². The molecule has 0 aliphatic heterocycles. The van der Waals surface area contributed by atoms with E-state index in [1.165, 1.54) is 19.3 Å². The fourth-order valence-electron chi connectivity index (χ4n) is 3.06. The molecule has 0 amide bonds. The van der Waals surface area contributed by atoms with Gasteiger partial charge in [0.05, 0.1) is 10.7 Å². The van der Waals surface area contributed by atoms with Crippen molar-refractivity contribution in [3.05, 3.63) is 16.4 Å². The van der Waals surface area contributed by atoms with Crippen molar-refractivity contribution in [2.45, 2.75) is 52.0 Å². The molecule has 0 bridgehead atoms. The molecule has 0 spiro atoms. The van der Waals surface area contributed by atoms with Gasteiger partial charge in [-0.05, 0) is 47.7 Å². The van der Waals surface area contributed by atoms with Crippen LogP contribution in [-0.2, 0) is 6.54 Å². The van der Waals surface area contributed by atoms with Crippen molar-refractivity contribution >= 4 is 21.7 Å². The molecular formula is C14H22BrN3O. The Kier molecular flexibility index (Phi) is 4.79. The highest BCUT2D eigenvalue weighted by atomic mass is 79.9. The Hall–Kier alpha value is -0.680. The largest absolute Gasteiger partial charge is 0.330 e. The van der Waals surface area contributed by atoms with E-state index in [4.69, 9.17) is 5.73 Å². The average molecular weight is 328 g/mol. The first-order valence-corrected chi connectivity index (χ1v) is 7.86. The summed E-state index contributed by atoms with van der Waals surface area (Å²) >= 11 is 3.43. The Balaban J connectivity index is 2.17. The van der Waals surface area contributed by atoms with Gasteiger partial charge in [-0.1, -0.05) is 19.3 Å². The van der Waals surface area contributed by atoms with Crippen LogP contribution in [0.25, 0.3) is 0 Å². The lowest BCUT2D eigenvalue weighted by Gasteiger charge is -2.35. The summed E-state index contributed by atoms with van der Waals surface area (Å²) in [5.41, 5.74) is 6.67. The van der Waals surface area contributed by atoms with Crippen LogP contribution in [0.3, 0.4) is 0 Å². The van der Waals surface area contributed by atoms with Crippen LogP contribution in [0.15, 0.2) is 10.7 Å². The Morgan fingerprint density at radius 3 is 2.74 bits per heavy atom. The van der Waals surface area contributed by atoms with Gasteiger partial charge < -0.3 is 5.73 Å². The molecule has 0 atom stereocenters. The monoisotopic (exact) mass is 327 g/mol. The van der Waals surface area contributed by atoms with Crippen LogP contribution >= 0.6 is 15.9 Å². The molecule has 0 radical (unpaired) electrons. The fourth-order valence-corrected chi connectivity index (χ4v) is 3.58. The predicted molar refractivity (Wildman–Crippen MR) is 79.1 cm³/mol. The van der Waals surface area contributed by atoms with Gasteiger partial charge in [0, 0.05) is 13.0 Å². The molecule has 0 saturated heterocycles. The lowest BCUT2D eigenvalue weighted by molar-refractivity contribution is 0.0856. The minimum absolute atomic E-state index is 0.0115. The number of rotatable bonds is 5. The van der Waals surface area contributed by atoms with Gasteiger partial charge in [-0.2, -0.15) is 5.10 Å². The van der Waals surface area contributed by atoms with Crippen LogP contribution in [0.2, 0.25) is 0 Å². The number of hydrogen-bond donors (Lipinski definition) is 1. The number of ketones is 1. The molecule has 19 heavy (non-hydrogen) atoms. The number of Topliss-reactive ketones (excluding diaryl/α,β-unsaturated/α-hetero) is 1.